The van der Waals surface area contributed by atoms with Crippen molar-refractivity contribution in [2.24, 2.45) is 0 Å². The van der Waals surface area contributed by atoms with Gasteiger partial charge in [-0.25, -0.2) is 0 Å². The second-order valence-corrected chi connectivity index (χ2v) is 6.67. The van der Waals surface area contributed by atoms with Crippen LogP contribution in [0.3, 0.4) is 0 Å². The number of aryl methyl sites for hydroxylation is 2. The highest BCUT2D eigenvalue weighted by molar-refractivity contribution is 5.96. The smallest absolute Gasteiger partial charge is 0.259 e. The van der Waals surface area contributed by atoms with Crippen LogP contribution in [0.25, 0.3) is 0 Å². The first-order valence-corrected chi connectivity index (χ1v) is 8.31. The van der Waals surface area contributed by atoms with Gasteiger partial charge in [0.2, 0.25) is 5.91 Å². The van der Waals surface area contributed by atoms with Crippen molar-refractivity contribution in [3.05, 3.63) is 35.5 Å². The van der Waals surface area contributed by atoms with Gasteiger partial charge in [0, 0.05) is 39.6 Å². The van der Waals surface area contributed by atoms with Crippen LogP contribution < -0.4 is 0 Å². The average molecular weight is 345 g/mol. The second kappa shape index (κ2) is 6.34. The molecule has 3 heterocycles. The number of rotatable bonds is 3. The zero-order chi connectivity index (χ0) is 18.2. The van der Waals surface area contributed by atoms with E-state index in [1.54, 1.807) is 48.6 Å². The maximum absolute atomic E-state index is 12.9. The molecular weight excluding hydrogens is 322 g/mol. The molecule has 0 spiro atoms. The van der Waals surface area contributed by atoms with E-state index in [-0.39, 0.29) is 11.8 Å². The van der Waals surface area contributed by atoms with Gasteiger partial charge in [0.05, 0.1) is 5.69 Å². The number of carbonyl (C=O) groups excluding carboxylic acids is 2. The molecule has 25 heavy (non-hydrogen) atoms. The third-order valence-corrected chi connectivity index (χ3v) is 4.87. The van der Waals surface area contributed by atoms with E-state index in [4.69, 9.17) is 4.52 Å². The molecule has 1 fully saturated rings. The molecule has 0 aromatic carbocycles. The van der Waals surface area contributed by atoms with Gasteiger partial charge in [0.15, 0.2) is 0 Å². The summed E-state index contributed by atoms with van der Waals surface area (Å²) in [5.74, 6) is 0.430. The summed E-state index contributed by atoms with van der Waals surface area (Å²) in [4.78, 5) is 29.0. The number of likely N-dealkylation sites (tertiary alicyclic amines) is 1. The molecule has 3 rings (SSSR count). The number of aromatic nitrogens is 3. The largest absolute Gasteiger partial charge is 0.361 e. The molecule has 0 aliphatic carbocycles. The molecule has 0 unspecified atom stereocenters. The Kier molecular flexibility index (Phi) is 4.36. The highest BCUT2D eigenvalue weighted by Gasteiger charge is 2.45. The number of hydrogen-bond donors (Lipinski definition) is 0. The van der Waals surface area contributed by atoms with Crippen LogP contribution in [-0.4, -0.2) is 63.7 Å². The SMILES string of the molecule is Cc1noc(C)c1C(=O)N1CCC(C(=O)N(C)C)(n2cccn2)CC1. The lowest BCUT2D eigenvalue weighted by atomic mass is 9.85. The van der Waals surface area contributed by atoms with Crippen molar-refractivity contribution in [3.8, 4) is 0 Å². The number of likely N-dealkylation sites (N-methyl/N-ethyl adjacent to an activating group) is 1. The van der Waals surface area contributed by atoms with Gasteiger partial charge in [-0.15, -0.1) is 0 Å². The summed E-state index contributed by atoms with van der Waals surface area (Å²) >= 11 is 0. The van der Waals surface area contributed by atoms with Crippen molar-refractivity contribution >= 4 is 11.8 Å². The van der Waals surface area contributed by atoms with Gasteiger partial charge in [-0.05, 0) is 32.8 Å². The lowest BCUT2D eigenvalue weighted by Crippen LogP contribution is -2.55. The van der Waals surface area contributed by atoms with E-state index in [1.807, 2.05) is 12.3 Å². The normalized spacial score (nSPS) is 16.7. The maximum Gasteiger partial charge on any atom is 0.259 e. The molecule has 0 atom stereocenters. The zero-order valence-electron chi connectivity index (χ0n) is 15.0. The summed E-state index contributed by atoms with van der Waals surface area (Å²) in [5, 5.41) is 8.16. The van der Waals surface area contributed by atoms with Gasteiger partial charge in [-0.3, -0.25) is 14.3 Å². The fraction of sp³-hybridized carbons (Fsp3) is 0.529. The predicted molar refractivity (Wildman–Crippen MR) is 90.0 cm³/mol. The molecule has 0 radical (unpaired) electrons. The lowest BCUT2D eigenvalue weighted by Gasteiger charge is -2.41. The Balaban J connectivity index is 1.83. The van der Waals surface area contributed by atoms with Crippen LogP contribution in [0.2, 0.25) is 0 Å². The number of nitrogens with zero attached hydrogens (tertiary/aromatic N) is 5. The first-order chi connectivity index (χ1) is 11.9. The summed E-state index contributed by atoms with van der Waals surface area (Å²) in [6.07, 6.45) is 4.51. The van der Waals surface area contributed by atoms with Crippen molar-refractivity contribution in [3.63, 3.8) is 0 Å². The first kappa shape index (κ1) is 17.2. The molecule has 2 amide bonds. The van der Waals surface area contributed by atoms with Gasteiger partial charge in [0.1, 0.15) is 16.9 Å². The van der Waals surface area contributed by atoms with Crippen LogP contribution in [-0.2, 0) is 10.3 Å². The Morgan fingerprint density at radius 1 is 1.24 bits per heavy atom. The molecule has 8 nitrogen and oxygen atoms in total. The molecule has 1 aliphatic rings. The second-order valence-electron chi connectivity index (χ2n) is 6.67. The van der Waals surface area contributed by atoms with E-state index >= 15 is 0 Å². The minimum Gasteiger partial charge on any atom is -0.361 e. The van der Waals surface area contributed by atoms with Crippen LogP contribution in [0.1, 0.15) is 34.7 Å². The molecule has 1 aliphatic heterocycles. The summed E-state index contributed by atoms with van der Waals surface area (Å²) < 4.78 is 6.83. The molecule has 2 aromatic rings. The standard InChI is InChI=1S/C17H23N5O3/c1-12-14(13(2)25-19-12)15(23)21-10-6-17(7-11-21,16(24)20(3)4)22-9-5-8-18-22/h5,8-9H,6-7,10-11H2,1-4H3. The Labute approximate surface area is 146 Å². The van der Waals surface area contributed by atoms with E-state index < -0.39 is 5.54 Å². The quantitative estimate of drug-likeness (QED) is 0.835. The van der Waals surface area contributed by atoms with Gasteiger partial charge < -0.3 is 14.3 Å². The van der Waals surface area contributed by atoms with Gasteiger partial charge >= 0.3 is 0 Å². The Hall–Kier alpha value is -2.64. The van der Waals surface area contributed by atoms with Crippen LogP contribution >= 0.6 is 0 Å². The Morgan fingerprint density at radius 3 is 2.40 bits per heavy atom. The van der Waals surface area contributed by atoms with Crippen LogP contribution in [0.5, 0.6) is 0 Å². The number of amides is 2. The van der Waals surface area contributed by atoms with Crippen molar-refractivity contribution in [2.45, 2.75) is 32.2 Å². The summed E-state index contributed by atoms with van der Waals surface area (Å²) in [6, 6.07) is 1.81. The molecule has 0 N–H and O–H groups in total. The van der Waals surface area contributed by atoms with E-state index in [1.165, 1.54) is 0 Å². The third kappa shape index (κ3) is 2.81. The van der Waals surface area contributed by atoms with Crippen molar-refractivity contribution in [1.29, 1.82) is 0 Å². The molecule has 0 bridgehead atoms. The Morgan fingerprint density at radius 2 is 1.92 bits per heavy atom. The third-order valence-electron chi connectivity index (χ3n) is 4.87. The molecule has 134 valence electrons. The van der Waals surface area contributed by atoms with Crippen molar-refractivity contribution in [1.82, 2.24) is 24.7 Å². The maximum atomic E-state index is 12.9. The van der Waals surface area contributed by atoms with Gasteiger partial charge in [0.25, 0.3) is 5.91 Å². The topological polar surface area (TPSA) is 84.5 Å². The summed E-state index contributed by atoms with van der Waals surface area (Å²) in [7, 11) is 3.49. The van der Waals surface area contributed by atoms with Crippen LogP contribution in [0, 0.1) is 13.8 Å². The zero-order valence-corrected chi connectivity index (χ0v) is 15.0. The van der Waals surface area contributed by atoms with Gasteiger partial charge in [-0.1, -0.05) is 5.16 Å². The number of carbonyl (C=O) groups is 2. The van der Waals surface area contributed by atoms with Crippen LogP contribution in [0.15, 0.2) is 23.0 Å². The molecule has 8 heteroatoms. The molecular formula is C17H23N5O3. The minimum atomic E-state index is -0.748. The van der Waals surface area contributed by atoms with E-state index in [2.05, 4.69) is 10.3 Å². The van der Waals surface area contributed by atoms with Gasteiger partial charge in [-0.2, -0.15) is 5.10 Å². The molecule has 0 saturated carbocycles. The van der Waals surface area contributed by atoms with Crippen LogP contribution in [0.4, 0.5) is 0 Å². The number of piperidine rings is 1. The van der Waals surface area contributed by atoms with E-state index in [9.17, 15) is 9.59 Å². The fourth-order valence-corrected chi connectivity index (χ4v) is 3.51. The summed E-state index contributed by atoms with van der Waals surface area (Å²) in [5.41, 5.74) is 0.365. The molecule has 1 saturated heterocycles. The minimum absolute atomic E-state index is 0.000591. The van der Waals surface area contributed by atoms with Crippen molar-refractivity contribution < 1.29 is 14.1 Å². The fourth-order valence-electron chi connectivity index (χ4n) is 3.51. The van der Waals surface area contributed by atoms with E-state index in [0.29, 0.717) is 42.9 Å². The summed E-state index contributed by atoms with van der Waals surface area (Å²) in [6.45, 7) is 4.45. The Bertz CT molecular complexity index is 751. The van der Waals surface area contributed by atoms with E-state index in [0.717, 1.165) is 0 Å². The predicted octanol–water partition coefficient (Wildman–Crippen LogP) is 1.21. The lowest BCUT2D eigenvalue weighted by molar-refractivity contribution is -0.141. The molecule has 2 aromatic heterocycles. The highest BCUT2D eigenvalue weighted by atomic mass is 16.5. The van der Waals surface area contributed by atoms with Crippen molar-refractivity contribution in [2.75, 3.05) is 27.2 Å². The number of hydrogen-bond acceptors (Lipinski definition) is 5. The average Bonchev–Trinajstić information content (AvgIpc) is 3.24. The monoisotopic (exact) mass is 345 g/mol. The first-order valence-electron chi connectivity index (χ1n) is 8.31. The highest BCUT2D eigenvalue weighted by Crippen LogP contribution is 2.32.